The number of methoxy groups -OCH3 is 1. The average Bonchev–Trinajstić information content (AvgIpc) is 3.17. The van der Waals surface area contributed by atoms with Crippen LogP contribution in [0.25, 0.3) is 0 Å². The summed E-state index contributed by atoms with van der Waals surface area (Å²) in [5.74, 6) is 0.119. The second kappa shape index (κ2) is 5.85. The van der Waals surface area contributed by atoms with E-state index in [0.29, 0.717) is 19.2 Å². The molecule has 4 heteroatoms. The molecule has 0 unspecified atom stereocenters. The molecule has 0 N–H and O–H groups in total. The summed E-state index contributed by atoms with van der Waals surface area (Å²) in [4.78, 5) is 14.5. The zero-order chi connectivity index (χ0) is 13.1. The molecule has 0 aliphatic heterocycles. The molecular weight excluding hydrogens is 294 g/mol. The molecule has 2 rings (SSSR count). The van der Waals surface area contributed by atoms with Crippen molar-refractivity contribution in [2.24, 2.45) is 0 Å². The lowest BCUT2D eigenvalue weighted by Gasteiger charge is -2.23. The summed E-state index contributed by atoms with van der Waals surface area (Å²) in [6.07, 6.45) is 2.23. The van der Waals surface area contributed by atoms with Gasteiger partial charge in [-0.25, -0.2) is 0 Å². The fourth-order valence-electron chi connectivity index (χ4n) is 2.02. The van der Waals surface area contributed by atoms with E-state index >= 15 is 0 Å². The molecule has 1 amide bonds. The molecule has 1 aromatic rings. The normalized spacial score (nSPS) is 14.6. The predicted molar refractivity (Wildman–Crippen MR) is 74.8 cm³/mol. The maximum atomic E-state index is 12.6. The van der Waals surface area contributed by atoms with E-state index < -0.39 is 0 Å². The van der Waals surface area contributed by atoms with Crippen LogP contribution in [0.1, 0.15) is 28.8 Å². The van der Waals surface area contributed by atoms with Crippen molar-refractivity contribution in [3.63, 3.8) is 0 Å². The van der Waals surface area contributed by atoms with Gasteiger partial charge in [0.05, 0.1) is 6.61 Å². The minimum Gasteiger partial charge on any atom is -0.383 e. The largest absolute Gasteiger partial charge is 0.383 e. The van der Waals surface area contributed by atoms with Gasteiger partial charge in [0.25, 0.3) is 5.91 Å². The molecule has 0 spiro atoms. The molecule has 1 saturated carbocycles. The third-order valence-electron chi connectivity index (χ3n) is 3.28. The molecule has 1 fully saturated rings. The Kier molecular flexibility index (Phi) is 4.40. The molecule has 1 aromatic carbocycles. The number of hydrogen-bond acceptors (Lipinski definition) is 2. The third kappa shape index (κ3) is 2.93. The van der Waals surface area contributed by atoms with Gasteiger partial charge in [0.2, 0.25) is 0 Å². The van der Waals surface area contributed by atoms with E-state index in [4.69, 9.17) is 4.74 Å². The van der Waals surface area contributed by atoms with Gasteiger partial charge >= 0.3 is 0 Å². The summed E-state index contributed by atoms with van der Waals surface area (Å²) in [6.45, 7) is 3.24. The second-order valence-electron chi connectivity index (χ2n) is 4.63. The summed E-state index contributed by atoms with van der Waals surface area (Å²) in [7, 11) is 1.67. The van der Waals surface area contributed by atoms with Gasteiger partial charge in [-0.3, -0.25) is 4.79 Å². The quantitative estimate of drug-likeness (QED) is 0.836. The maximum absolute atomic E-state index is 12.6. The molecule has 0 heterocycles. The summed E-state index contributed by atoms with van der Waals surface area (Å²) in [5.41, 5.74) is 1.79. The topological polar surface area (TPSA) is 29.5 Å². The Morgan fingerprint density at radius 2 is 2.22 bits per heavy atom. The lowest BCUT2D eigenvalue weighted by molar-refractivity contribution is 0.0679. The Morgan fingerprint density at radius 3 is 2.83 bits per heavy atom. The Balaban J connectivity index is 2.19. The molecule has 0 radical (unpaired) electrons. The van der Waals surface area contributed by atoms with Crippen LogP contribution in [0.3, 0.4) is 0 Å². The highest BCUT2D eigenvalue weighted by Crippen LogP contribution is 2.29. The van der Waals surface area contributed by atoms with Crippen molar-refractivity contribution in [1.29, 1.82) is 0 Å². The lowest BCUT2D eigenvalue weighted by Crippen LogP contribution is -2.36. The highest BCUT2D eigenvalue weighted by Gasteiger charge is 2.33. The van der Waals surface area contributed by atoms with E-state index in [1.807, 2.05) is 30.0 Å². The molecule has 1 aliphatic rings. The van der Waals surface area contributed by atoms with Crippen molar-refractivity contribution in [1.82, 2.24) is 4.90 Å². The Bertz CT molecular complexity index is 443. The van der Waals surface area contributed by atoms with Crippen molar-refractivity contribution in [2.75, 3.05) is 20.3 Å². The summed E-state index contributed by atoms with van der Waals surface area (Å²) in [6, 6.07) is 6.17. The summed E-state index contributed by atoms with van der Waals surface area (Å²) < 4.78 is 6.07. The zero-order valence-electron chi connectivity index (χ0n) is 10.8. The fraction of sp³-hybridized carbons (Fsp3) is 0.500. The fourth-order valence-corrected chi connectivity index (χ4v) is 2.39. The second-order valence-corrected chi connectivity index (χ2v) is 5.49. The van der Waals surface area contributed by atoms with E-state index in [2.05, 4.69) is 15.9 Å². The van der Waals surface area contributed by atoms with E-state index in [1.54, 1.807) is 7.11 Å². The van der Waals surface area contributed by atoms with Crippen LogP contribution in [0.15, 0.2) is 22.7 Å². The maximum Gasteiger partial charge on any atom is 0.254 e. The van der Waals surface area contributed by atoms with Crippen LogP contribution in [-0.4, -0.2) is 37.1 Å². The van der Waals surface area contributed by atoms with E-state index in [9.17, 15) is 4.79 Å². The first-order chi connectivity index (χ1) is 8.65. The monoisotopic (exact) mass is 311 g/mol. The van der Waals surface area contributed by atoms with Gasteiger partial charge in [-0.15, -0.1) is 0 Å². The first kappa shape index (κ1) is 13.6. The van der Waals surface area contributed by atoms with Crippen LogP contribution in [0.2, 0.25) is 0 Å². The standard InChI is InChI=1S/C14H18BrNO2/c1-10-12(4-3-5-13(10)15)14(17)16(8-9-18-2)11-6-7-11/h3-5,11H,6-9H2,1-2H3. The minimum absolute atomic E-state index is 0.119. The van der Waals surface area contributed by atoms with Gasteiger partial charge in [0.1, 0.15) is 0 Å². The smallest absolute Gasteiger partial charge is 0.254 e. The number of halogens is 1. The molecular formula is C14H18BrNO2. The average molecular weight is 312 g/mol. The number of nitrogens with zero attached hydrogens (tertiary/aromatic N) is 1. The van der Waals surface area contributed by atoms with E-state index in [0.717, 1.165) is 28.4 Å². The van der Waals surface area contributed by atoms with Gasteiger partial charge in [-0.05, 0) is 37.5 Å². The molecule has 0 aromatic heterocycles. The molecule has 1 aliphatic carbocycles. The van der Waals surface area contributed by atoms with Crippen LogP contribution in [-0.2, 0) is 4.74 Å². The van der Waals surface area contributed by atoms with E-state index in [-0.39, 0.29) is 5.91 Å². The van der Waals surface area contributed by atoms with Gasteiger partial charge in [0, 0.05) is 29.7 Å². The minimum atomic E-state index is 0.119. The van der Waals surface area contributed by atoms with Crippen LogP contribution < -0.4 is 0 Å². The number of amides is 1. The molecule has 98 valence electrons. The Labute approximate surface area is 116 Å². The third-order valence-corrected chi connectivity index (χ3v) is 4.14. The Hall–Kier alpha value is -0.870. The Morgan fingerprint density at radius 1 is 1.50 bits per heavy atom. The van der Waals surface area contributed by atoms with Crippen molar-refractivity contribution < 1.29 is 9.53 Å². The molecule has 0 bridgehead atoms. The van der Waals surface area contributed by atoms with Crippen LogP contribution in [0.5, 0.6) is 0 Å². The summed E-state index contributed by atoms with van der Waals surface area (Å²) in [5, 5.41) is 0. The highest BCUT2D eigenvalue weighted by atomic mass is 79.9. The van der Waals surface area contributed by atoms with Crippen LogP contribution >= 0.6 is 15.9 Å². The van der Waals surface area contributed by atoms with Crippen molar-refractivity contribution in [2.45, 2.75) is 25.8 Å². The van der Waals surface area contributed by atoms with Crippen LogP contribution in [0.4, 0.5) is 0 Å². The van der Waals surface area contributed by atoms with Crippen molar-refractivity contribution in [3.05, 3.63) is 33.8 Å². The lowest BCUT2D eigenvalue weighted by atomic mass is 10.1. The van der Waals surface area contributed by atoms with Crippen molar-refractivity contribution in [3.8, 4) is 0 Å². The molecule has 0 atom stereocenters. The number of rotatable bonds is 5. The van der Waals surface area contributed by atoms with Gasteiger partial charge in [-0.1, -0.05) is 22.0 Å². The number of ether oxygens (including phenoxy) is 1. The number of carbonyl (C=O) groups is 1. The number of benzene rings is 1. The van der Waals surface area contributed by atoms with E-state index in [1.165, 1.54) is 0 Å². The molecule has 0 saturated heterocycles. The predicted octanol–water partition coefficient (Wildman–Crippen LogP) is 3.01. The molecule has 3 nitrogen and oxygen atoms in total. The van der Waals surface area contributed by atoms with Gasteiger partial charge < -0.3 is 9.64 Å². The number of carbonyl (C=O) groups excluding carboxylic acids is 1. The first-order valence-electron chi connectivity index (χ1n) is 6.20. The first-order valence-corrected chi connectivity index (χ1v) is 6.99. The van der Waals surface area contributed by atoms with Gasteiger partial charge in [-0.2, -0.15) is 0 Å². The highest BCUT2D eigenvalue weighted by molar-refractivity contribution is 9.10. The zero-order valence-corrected chi connectivity index (χ0v) is 12.4. The van der Waals surface area contributed by atoms with Gasteiger partial charge in [0.15, 0.2) is 0 Å². The van der Waals surface area contributed by atoms with Crippen LogP contribution in [0, 0.1) is 6.92 Å². The SMILES string of the molecule is COCCN(C(=O)c1cccc(Br)c1C)C1CC1. The molecule has 18 heavy (non-hydrogen) atoms. The van der Waals surface area contributed by atoms with Crippen molar-refractivity contribution >= 4 is 21.8 Å². The number of hydrogen-bond donors (Lipinski definition) is 0. The summed E-state index contributed by atoms with van der Waals surface area (Å²) >= 11 is 3.47.